The normalized spacial score (nSPS) is 9.70. The summed E-state index contributed by atoms with van der Waals surface area (Å²) in [7, 11) is 1.38. The van der Waals surface area contributed by atoms with Crippen LogP contribution in [-0.2, 0) is 9.53 Å². The van der Waals surface area contributed by atoms with Gasteiger partial charge in [0.05, 0.1) is 13.5 Å². The van der Waals surface area contributed by atoms with E-state index in [-0.39, 0.29) is 5.97 Å². The predicted octanol–water partition coefficient (Wildman–Crippen LogP) is 1.68. The Hall–Kier alpha value is -1.05. The summed E-state index contributed by atoms with van der Waals surface area (Å²) in [6.07, 6.45) is 6.58. The first-order valence-corrected chi connectivity index (χ1v) is 3.14. The summed E-state index contributed by atoms with van der Waals surface area (Å²) >= 11 is 0. The average Bonchev–Trinajstić information content (AvgIpc) is 1.98. The van der Waals surface area contributed by atoms with Crippen molar-refractivity contribution in [3.05, 3.63) is 24.8 Å². The maximum Gasteiger partial charge on any atom is 0.309 e. The molecule has 0 N–H and O–H groups in total. The van der Waals surface area contributed by atoms with Gasteiger partial charge in [-0.25, -0.2) is 0 Å². The average molecular weight is 140 g/mol. The van der Waals surface area contributed by atoms with Crippen LogP contribution in [0.3, 0.4) is 0 Å². The molecular weight excluding hydrogens is 128 g/mol. The predicted molar refractivity (Wildman–Crippen MR) is 40.6 cm³/mol. The number of allylic oxidation sites excluding steroid dienone is 2. The summed E-state index contributed by atoms with van der Waals surface area (Å²) in [4.78, 5) is 10.5. The Morgan fingerprint density at radius 2 is 2.30 bits per heavy atom. The molecule has 0 spiro atoms. The van der Waals surface area contributed by atoms with Crippen LogP contribution >= 0.6 is 0 Å². The molecule has 0 aliphatic carbocycles. The Balaban J connectivity index is 3.33. The van der Waals surface area contributed by atoms with E-state index in [1.807, 2.05) is 6.08 Å². The van der Waals surface area contributed by atoms with Gasteiger partial charge in [-0.05, 0) is 6.42 Å². The Morgan fingerprint density at radius 1 is 1.60 bits per heavy atom. The summed E-state index contributed by atoms with van der Waals surface area (Å²) in [5, 5.41) is 0. The third-order valence-electron chi connectivity index (χ3n) is 0.982. The standard InChI is InChI=1S/C8H12O2/c1-3-4-5-6-7-8(9)10-2/h3,5-6H,1,4,7H2,2H3. The molecule has 0 fully saturated rings. The number of ether oxygens (including phenoxy) is 1. The zero-order valence-electron chi connectivity index (χ0n) is 6.17. The van der Waals surface area contributed by atoms with E-state index in [4.69, 9.17) is 0 Å². The van der Waals surface area contributed by atoms with Gasteiger partial charge in [-0.15, -0.1) is 6.58 Å². The first kappa shape index (κ1) is 8.95. The molecule has 0 aliphatic heterocycles. The molecule has 0 saturated carbocycles. The molecule has 0 aromatic rings. The molecule has 10 heavy (non-hydrogen) atoms. The number of hydrogen-bond acceptors (Lipinski definition) is 2. The van der Waals surface area contributed by atoms with Crippen molar-refractivity contribution in [3.63, 3.8) is 0 Å². The molecule has 0 aliphatic rings. The van der Waals surface area contributed by atoms with Gasteiger partial charge >= 0.3 is 5.97 Å². The molecule has 0 saturated heterocycles. The van der Waals surface area contributed by atoms with Crippen molar-refractivity contribution in [3.8, 4) is 0 Å². The molecular formula is C8H12O2. The number of hydrogen-bond donors (Lipinski definition) is 0. The highest BCUT2D eigenvalue weighted by molar-refractivity contribution is 5.70. The van der Waals surface area contributed by atoms with Crippen LogP contribution in [0.4, 0.5) is 0 Å². The largest absolute Gasteiger partial charge is 0.469 e. The van der Waals surface area contributed by atoms with E-state index in [1.54, 1.807) is 12.2 Å². The monoisotopic (exact) mass is 140 g/mol. The maximum atomic E-state index is 10.5. The van der Waals surface area contributed by atoms with Crippen LogP contribution in [0.5, 0.6) is 0 Å². The summed E-state index contributed by atoms with van der Waals surface area (Å²) < 4.78 is 4.41. The smallest absolute Gasteiger partial charge is 0.309 e. The van der Waals surface area contributed by atoms with Crippen LogP contribution in [0, 0.1) is 0 Å². The molecule has 56 valence electrons. The Morgan fingerprint density at radius 3 is 2.80 bits per heavy atom. The van der Waals surface area contributed by atoms with Crippen molar-refractivity contribution >= 4 is 5.97 Å². The molecule has 0 aromatic carbocycles. The summed E-state index contributed by atoms with van der Waals surface area (Å²) in [5.74, 6) is -0.208. The second-order valence-electron chi connectivity index (χ2n) is 1.78. The van der Waals surface area contributed by atoms with Gasteiger partial charge in [0.2, 0.25) is 0 Å². The van der Waals surface area contributed by atoms with Crippen molar-refractivity contribution in [1.82, 2.24) is 0 Å². The quantitative estimate of drug-likeness (QED) is 0.438. The van der Waals surface area contributed by atoms with Crippen LogP contribution in [-0.4, -0.2) is 13.1 Å². The van der Waals surface area contributed by atoms with Gasteiger partial charge in [-0.1, -0.05) is 18.2 Å². The second-order valence-corrected chi connectivity index (χ2v) is 1.78. The Bertz CT molecular complexity index is 136. The zero-order chi connectivity index (χ0) is 7.82. The van der Waals surface area contributed by atoms with E-state index in [9.17, 15) is 4.79 Å². The van der Waals surface area contributed by atoms with E-state index in [0.29, 0.717) is 6.42 Å². The van der Waals surface area contributed by atoms with E-state index < -0.39 is 0 Å². The Labute approximate surface area is 61.2 Å². The fourth-order valence-electron chi connectivity index (χ4n) is 0.455. The Kier molecular flexibility index (Phi) is 5.44. The van der Waals surface area contributed by atoms with Crippen molar-refractivity contribution in [2.45, 2.75) is 12.8 Å². The molecule has 0 unspecified atom stereocenters. The van der Waals surface area contributed by atoms with Gasteiger partial charge < -0.3 is 4.74 Å². The minimum Gasteiger partial charge on any atom is -0.469 e. The van der Waals surface area contributed by atoms with Crippen LogP contribution < -0.4 is 0 Å². The van der Waals surface area contributed by atoms with Crippen molar-refractivity contribution < 1.29 is 9.53 Å². The third kappa shape index (κ3) is 5.09. The molecule has 0 atom stereocenters. The van der Waals surface area contributed by atoms with E-state index in [2.05, 4.69) is 11.3 Å². The lowest BCUT2D eigenvalue weighted by molar-refractivity contribution is -0.139. The first-order chi connectivity index (χ1) is 4.81. The highest BCUT2D eigenvalue weighted by Gasteiger charge is 1.91. The van der Waals surface area contributed by atoms with Gasteiger partial charge in [0.25, 0.3) is 0 Å². The van der Waals surface area contributed by atoms with Gasteiger partial charge in [0, 0.05) is 0 Å². The zero-order valence-corrected chi connectivity index (χ0v) is 6.17. The number of carbonyl (C=O) groups is 1. The molecule has 0 aromatic heterocycles. The topological polar surface area (TPSA) is 26.3 Å². The lowest BCUT2D eigenvalue weighted by atomic mass is 10.3. The number of methoxy groups -OCH3 is 1. The van der Waals surface area contributed by atoms with Gasteiger partial charge in [0.1, 0.15) is 0 Å². The van der Waals surface area contributed by atoms with E-state index in [0.717, 1.165) is 6.42 Å². The van der Waals surface area contributed by atoms with Crippen LogP contribution in [0.15, 0.2) is 24.8 Å². The van der Waals surface area contributed by atoms with Crippen LogP contribution in [0.2, 0.25) is 0 Å². The summed E-state index contributed by atoms with van der Waals surface area (Å²) in [6, 6.07) is 0. The number of rotatable bonds is 4. The maximum absolute atomic E-state index is 10.5. The van der Waals surface area contributed by atoms with Gasteiger partial charge in [-0.3, -0.25) is 4.79 Å². The summed E-state index contributed by atoms with van der Waals surface area (Å²) in [6.45, 7) is 3.53. The lowest BCUT2D eigenvalue weighted by Gasteiger charge is -1.90. The van der Waals surface area contributed by atoms with E-state index >= 15 is 0 Å². The lowest BCUT2D eigenvalue weighted by Crippen LogP contribution is -1.96. The second kappa shape index (κ2) is 6.08. The molecule has 2 heteroatoms. The molecule has 0 amide bonds. The van der Waals surface area contributed by atoms with E-state index in [1.165, 1.54) is 7.11 Å². The third-order valence-corrected chi connectivity index (χ3v) is 0.982. The van der Waals surface area contributed by atoms with Gasteiger partial charge in [-0.2, -0.15) is 0 Å². The van der Waals surface area contributed by atoms with Crippen molar-refractivity contribution in [2.75, 3.05) is 7.11 Å². The fraction of sp³-hybridized carbons (Fsp3) is 0.375. The SMILES string of the molecule is C=CCC=CCC(=O)OC. The molecule has 2 nitrogen and oxygen atoms in total. The van der Waals surface area contributed by atoms with Crippen molar-refractivity contribution in [2.24, 2.45) is 0 Å². The fourth-order valence-corrected chi connectivity index (χ4v) is 0.455. The van der Waals surface area contributed by atoms with Gasteiger partial charge in [0.15, 0.2) is 0 Å². The molecule has 0 radical (unpaired) electrons. The molecule has 0 rings (SSSR count). The molecule has 0 heterocycles. The van der Waals surface area contributed by atoms with Crippen LogP contribution in [0.1, 0.15) is 12.8 Å². The highest BCUT2D eigenvalue weighted by Crippen LogP contribution is 1.89. The highest BCUT2D eigenvalue weighted by atomic mass is 16.5. The first-order valence-electron chi connectivity index (χ1n) is 3.14. The van der Waals surface area contributed by atoms with Crippen molar-refractivity contribution in [1.29, 1.82) is 0 Å². The number of esters is 1. The minimum atomic E-state index is -0.208. The summed E-state index contributed by atoms with van der Waals surface area (Å²) in [5.41, 5.74) is 0. The molecule has 0 bridgehead atoms. The number of carbonyl (C=O) groups excluding carboxylic acids is 1. The van der Waals surface area contributed by atoms with Crippen LogP contribution in [0.25, 0.3) is 0 Å². The minimum absolute atomic E-state index is 0.208.